The smallest absolute Gasteiger partial charge is 0.293 e. The Balaban J connectivity index is 1.88. The summed E-state index contributed by atoms with van der Waals surface area (Å²) in [6, 6.07) is 11.5. The van der Waals surface area contributed by atoms with Gasteiger partial charge in [0.05, 0.1) is 16.6 Å². The van der Waals surface area contributed by atoms with Crippen LogP contribution in [0.4, 0.5) is 5.69 Å². The van der Waals surface area contributed by atoms with Crippen molar-refractivity contribution in [1.29, 1.82) is 0 Å². The summed E-state index contributed by atoms with van der Waals surface area (Å²) in [4.78, 5) is 14.8. The summed E-state index contributed by atoms with van der Waals surface area (Å²) in [5, 5.41) is 25.8. The molecule has 2 N–H and O–H groups in total. The molecule has 1 aromatic heterocycles. The molecule has 1 saturated heterocycles. The fraction of sp³-hybridized carbons (Fsp3) is 0.450. The van der Waals surface area contributed by atoms with Gasteiger partial charge in [-0.2, -0.15) is 0 Å². The van der Waals surface area contributed by atoms with Gasteiger partial charge in [-0.1, -0.05) is 37.3 Å². The van der Waals surface area contributed by atoms with Gasteiger partial charge in [0.1, 0.15) is 17.5 Å². The largest absolute Gasteiger partial charge is 0.386 e. The predicted molar refractivity (Wildman–Crippen MR) is 101 cm³/mol. The summed E-state index contributed by atoms with van der Waals surface area (Å²) in [5.41, 5.74) is -0.610. The topological polar surface area (TPSA) is 97.5 Å². The van der Waals surface area contributed by atoms with E-state index in [4.69, 9.17) is 4.74 Å². The lowest BCUT2D eigenvalue weighted by Gasteiger charge is -2.51. The number of hydrogen-bond acceptors (Lipinski definition) is 6. The Bertz CT molecular complexity index is 797. The van der Waals surface area contributed by atoms with Gasteiger partial charge < -0.3 is 9.84 Å². The van der Waals surface area contributed by atoms with E-state index in [0.29, 0.717) is 31.4 Å². The molecule has 0 saturated carbocycles. The summed E-state index contributed by atoms with van der Waals surface area (Å²) in [6.07, 6.45) is 3.76. The summed E-state index contributed by atoms with van der Waals surface area (Å²) in [7, 11) is 0. The normalized spacial score (nSPS) is 28.0. The predicted octanol–water partition coefficient (Wildman–Crippen LogP) is 3.49. The van der Waals surface area contributed by atoms with E-state index in [-0.39, 0.29) is 5.69 Å². The molecule has 7 nitrogen and oxygen atoms in total. The quantitative estimate of drug-likeness (QED) is 0.596. The van der Waals surface area contributed by atoms with Crippen LogP contribution >= 0.6 is 0 Å². The van der Waals surface area contributed by atoms with Gasteiger partial charge in [-0.25, -0.2) is 0 Å². The lowest BCUT2D eigenvalue weighted by Crippen LogP contribution is -2.65. The highest BCUT2D eigenvalue weighted by Crippen LogP contribution is 2.45. The monoisotopic (exact) mass is 371 g/mol. The molecule has 2 heterocycles. The fourth-order valence-electron chi connectivity index (χ4n) is 3.75. The van der Waals surface area contributed by atoms with Crippen molar-refractivity contribution < 1.29 is 14.8 Å². The van der Waals surface area contributed by atoms with Crippen LogP contribution in [0.2, 0.25) is 0 Å². The van der Waals surface area contributed by atoms with Crippen LogP contribution in [0.25, 0.3) is 0 Å². The Labute approximate surface area is 158 Å². The molecule has 2 aromatic rings. The lowest BCUT2D eigenvalue weighted by molar-refractivity contribution is -0.387. The van der Waals surface area contributed by atoms with E-state index in [1.807, 2.05) is 37.3 Å². The van der Waals surface area contributed by atoms with Crippen molar-refractivity contribution in [3.05, 3.63) is 70.0 Å². The van der Waals surface area contributed by atoms with Crippen LogP contribution in [0.5, 0.6) is 0 Å². The zero-order valence-corrected chi connectivity index (χ0v) is 15.6. The van der Waals surface area contributed by atoms with Crippen molar-refractivity contribution in [2.45, 2.75) is 57.1 Å². The number of nitro groups is 1. The molecule has 0 radical (unpaired) electrons. The van der Waals surface area contributed by atoms with Crippen molar-refractivity contribution in [3.8, 4) is 0 Å². The van der Waals surface area contributed by atoms with Crippen molar-refractivity contribution in [1.82, 2.24) is 10.3 Å². The van der Waals surface area contributed by atoms with Crippen molar-refractivity contribution in [2.24, 2.45) is 0 Å². The Morgan fingerprint density at radius 1 is 1.37 bits per heavy atom. The molecule has 144 valence electrons. The molecule has 7 heteroatoms. The van der Waals surface area contributed by atoms with E-state index in [1.54, 1.807) is 13.0 Å². The maximum Gasteiger partial charge on any atom is 0.293 e. The Morgan fingerprint density at radius 3 is 2.78 bits per heavy atom. The van der Waals surface area contributed by atoms with Gasteiger partial charge in [-0.05, 0) is 37.8 Å². The maximum absolute atomic E-state index is 11.4. The molecule has 1 aromatic carbocycles. The van der Waals surface area contributed by atoms with E-state index in [1.165, 1.54) is 12.4 Å². The van der Waals surface area contributed by atoms with E-state index in [0.717, 1.165) is 5.56 Å². The molecule has 1 fully saturated rings. The highest BCUT2D eigenvalue weighted by atomic mass is 16.6. The Kier molecular flexibility index (Phi) is 5.55. The van der Waals surface area contributed by atoms with Crippen molar-refractivity contribution >= 4 is 5.69 Å². The molecule has 0 bridgehead atoms. The molecular formula is C20H25N3O4. The average Bonchev–Trinajstić information content (AvgIpc) is 2.68. The fourth-order valence-corrected chi connectivity index (χ4v) is 3.75. The maximum atomic E-state index is 11.4. The molecule has 0 spiro atoms. The number of aromatic nitrogens is 1. The summed E-state index contributed by atoms with van der Waals surface area (Å²) in [5.74, 6) is 0. The van der Waals surface area contributed by atoms with E-state index in [9.17, 15) is 15.2 Å². The molecule has 0 amide bonds. The number of benzene rings is 1. The van der Waals surface area contributed by atoms with Gasteiger partial charge in [0, 0.05) is 12.7 Å². The van der Waals surface area contributed by atoms with Gasteiger partial charge in [0.15, 0.2) is 0 Å². The first-order valence-corrected chi connectivity index (χ1v) is 9.16. The minimum absolute atomic E-state index is 0.0582. The van der Waals surface area contributed by atoms with Crippen LogP contribution in [0.1, 0.15) is 50.3 Å². The zero-order valence-electron chi connectivity index (χ0n) is 15.6. The third kappa shape index (κ3) is 3.85. The van der Waals surface area contributed by atoms with Crippen LogP contribution in [0, 0.1) is 10.1 Å². The average molecular weight is 371 g/mol. The van der Waals surface area contributed by atoms with Crippen molar-refractivity contribution in [2.75, 3.05) is 0 Å². The van der Waals surface area contributed by atoms with Crippen LogP contribution in [-0.4, -0.2) is 26.3 Å². The van der Waals surface area contributed by atoms with Crippen LogP contribution in [0.15, 0.2) is 48.8 Å². The summed E-state index contributed by atoms with van der Waals surface area (Å²) in [6.45, 7) is 4.22. The van der Waals surface area contributed by atoms with Gasteiger partial charge in [-0.3, -0.25) is 20.4 Å². The van der Waals surface area contributed by atoms with Crippen LogP contribution in [0.3, 0.4) is 0 Å². The number of rotatable bonds is 6. The van der Waals surface area contributed by atoms with Crippen LogP contribution < -0.4 is 5.32 Å². The third-order valence-corrected chi connectivity index (χ3v) is 5.40. The molecule has 1 aliphatic rings. The number of nitrogens with zero attached hydrogens (tertiary/aromatic N) is 2. The molecule has 1 aliphatic heterocycles. The molecular weight excluding hydrogens is 346 g/mol. The van der Waals surface area contributed by atoms with Crippen molar-refractivity contribution in [3.63, 3.8) is 0 Å². The van der Waals surface area contributed by atoms with Gasteiger partial charge >= 0.3 is 0 Å². The minimum Gasteiger partial charge on any atom is -0.386 e. The zero-order chi connectivity index (χ0) is 19.5. The lowest BCUT2D eigenvalue weighted by atomic mass is 9.80. The second kappa shape index (κ2) is 7.72. The number of nitrogens with one attached hydrogen (secondary N) is 1. The van der Waals surface area contributed by atoms with E-state index >= 15 is 0 Å². The number of ether oxygens (including phenoxy) is 1. The summed E-state index contributed by atoms with van der Waals surface area (Å²) < 4.78 is 6.34. The van der Waals surface area contributed by atoms with E-state index < -0.39 is 22.4 Å². The second-order valence-corrected chi connectivity index (χ2v) is 7.13. The third-order valence-electron chi connectivity index (χ3n) is 5.40. The molecule has 3 unspecified atom stereocenters. The van der Waals surface area contributed by atoms with Crippen LogP contribution in [-0.2, 0) is 11.3 Å². The highest BCUT2D eigenvalue weighted by molar-refractivity contribution is 5.39. The van der Waals surface area contributed by atoms with Gasteiger partial charge in [0.25, 0.3) is 5.69 Å². The number of hydrogen-bond donors (Lipinski definition) is 2. The minimum atomic E-state index is -1.10. The van der Waals surface area contributed by atoms with E-state index in [2.05, 4.69) is 10.3 Å². The highest BCUT2D eigenvalue weighted by Gasteiger charge is 2.52. The molecule has 3 rings (SSSR count). The Hall–Kier alpha value is -2.35. The van der Waals surface area contributed by atoms with Gasteiger partial charge in [-0.15, -0.1) is 0 Å². The Morgan fingerprint density at radius 2 is 2.11 bits per heavy atom. The first-order chi connectivity index (χ1) is 12.9. The second-order valence-electron chi connectivity index (χ2n) is 7.13. The molecule has 27 heavy (non-hydrogen) atoms. The number of pyridine rings is 1. The molecule has 3 atom stereocenters. The number of aliphatic hydroxyl groups is 1. The standard InChI is InChI=1S/C20H25N3O4/c1-3-20(22-13-15-7-5-4-6-8-15)19(2,24)11-9-18(27-20)16-10-12-21-14-17(16)23(25)26/h4-8,10,12,14,18,22,24H,3,9,11,13H2,1-2H3. The SMILES string of the molecule is CCC1(NCc2ccccc2)OC(c2ccncc2[N+](=O)[O-])CCC1(C)O. The first kappa shape index (κ1) is 19.4. The first-order valence-electron chi connectivity index (χ1n) is 9.16. The van der Waals surface area contributed by atoms with Gasteiger partial charge in [0.2, 0.25) is 0 Å². The summed E-state index contributed by atoms with van der Waals surface area (Å²) >= 11 is 0. The molecule has 0 aliphatic carbocycles.